The Bertz CT molecular complexity index is 1290. The first-order chi connectivity index (χ1) is 14.0. The molecule has 0 atom stereocenters. The highest BCUT2D eigenvalue weighted by molar-refractivity contribution is 14.1. The first kappa shape index (κ1) is 19.1. The Morgan fingerprint density at radius 3 is 2.79 bits per heavy atom. The predicted molar refractivity (Wildman–Crippen MR) is 115 cm³/mol. The predicted octanol–water partition coefficient (Wildman–Crippen LogP) is 4.25. The largest absolute Gasteiger partial charge is 0.322 e. The standard InChI is InChI=1S/C20H14FIN6O/c1-2-16-12(8-23)4-6-17(21)19(16)20(29)26-14-5-3-13-9-25-28(18(13)7-14)15-10-24-27(22)11-15/h3-7,9-11H,2H2,1H3,(H,26,29). The van der Waals surface area contributed by atoms with E-state index in [0.29, 0.717) is 23.2 Å². The number of aromatic nitrogens is 4. The molecule has 1 amide bonds. The van der Waals surface area contributed by atoms with E-state index in [1.165, 1.54) is 6.07 Å². The highest BCUT2D eigenvalue weighted by atomic mass is 127. The summed E-state index contributed by atoms with van der Waals surface area (Å²) in [5.41, 5.74) is 2.63. The van der Waals surface area contributed by atoms with Crippen molar-refractivity contribution in [1.82, 2.24) is 17.8 Å². The van der Waals surface area contributed by atoms with Gasteiger partial charge in [-0.1, -0.05) is 6.92 Å². The quantitative estimate of drug-likeness (QED) is 0.425. The fourth-order valence-corrected chi connectivity index (χ4v) is 3.64. The summed E-state index contributed by atoms with van der Waals surface area (Å²) in [5.74, 6) is -1.25. The number of nitrogens with one attached hydrogen (secondary N) is 1. The van der Waals surface area contributed by atoms with Crippen LogP contribution in [-0.4, -0.2) is 23.7 Å². The van der Waals surface area contributed by atoms with E-state index < -0.39 is 11.7 Å². The molecule has 2 aromatic carbocycles. The highest BCUT2D eigenvalue weighted by Gasteiger charge is 2.19. The minimum absolute atomic E-state index is 0.105. The van der Waals surface area contributed by atoms with Crippen LogP contribution in [0.3, 0.4) is 0 Å². The van der Waals surface area contributed by atoms with Crippen LogP contribution < -0.4 is 5.32 Å². The van der Waals surface area contributed by atoms with E-state index in [0.717, 1.165) is 22.7 Å². The number of nitrogens with zero attached hydrogens (tertiary/aromatic N) is 5. The van der Waals surface area contributed by atoms with Crippen molar-refractivity contribution in [3.8, 4) is 11.8 Å². The Balaban J connectivity index is 1.72. The minimum Gasteiger partial charge on any atom is -0.322 e. The van der Waals surface area contributed by atoms with Gasteiger partial charge in [0, 0.05) is 11.1 Å². The summed E-state index contributed by atoms with van der Waals surface area (Å²) in [5, 5.41) is 21.4. The second-order valence-corrected chi connectivity index (χ2v) is 7.27. The first-order valence-corrected chi connectivity index (χ1v) is 9.70. The molecule has 0 spiro atoms. The van der Waals surface area contributed by atoms with Crippen LogP contribution in [-0.2, 0) is 6.42 Å². The Morgan fingerprint density at radius 1 is 1.28 bits per heavy atom. The number of halogens is 2. The number of hydrogen-bond acceptors (Lipinski definition) is 4. The van der Waals surface area contributed by atoms with Crippen molar-refractivity contribution in [2.75, 3.05) is 5.32 Å². The van der Waals surface area contributed by atoms with Gasteiger partial charge in [0.2, 0.25) is 0 Å². The Hall–Kier alpha value is -3.26. The van der Waals surface area contributed by atoms with Gasteiger partial charge in [0.25, 0.3) is 5.91 Å². The van der Waals surface area contributed by atoms with Gasteiger partial charge < -0.3 is 5.32 Å². The summed E-state index contributed by atoms with van der Waals surface area (Å²) in [4.78, 5) is 12.8. The van der Waals surface area contributed by atoms with Crippen molar-refractivity contribution in [3.63, 3.8) is 0 Å². The van der Waals surface area contributed by atoms with Crippen LogP contribution in [0.2, 0.25) is 0 Å². The molecule has 0 radical (unpaired) electrons. The lowest BCUT2D eigenvalue weighted by molar-refractivity contribution is 0.102. The van der Waals surface area contributed by atoms with E-state index in [1.54, 1.807) is 39.0 Å². The van der Waals surface area contributed by atoms with Gasteiger partial charge in [-0.3, -0.25) is 4.79 Å². The van der Waals surface area contributed by atoms with Gasteiger partial charge in [0.05, 0.1) is 64.2 Å². The summed E-state index contributed by atoms with van der Waals surface area (Å²) in [6.45, 7) is 1.78. The molecule has 0 aliphatic heterocycles. The molecular weight excluding hydrogens is 486 g/mol. The van der Waals surface area contributed by atoms with E-state index in [-0.39, 0.29) is 5.56 Å². The molecule has 4 aromatic rings. The molecule has 0 saturated heterocycles. The van der Waals surface area contributed by atoms with Crippen LogP contribution in [0.4, 0.5) is 10.1 Å². The van der Waals surface area contributed by atoms with Gasteiger partial charge in [-0.15, -0.1) is 0 Å². The molecule has 0 unspecified atom stereocenters. The van der Waals surface area contributed by atoms with Crippen molar-refractivity contribution >= 4 is 45.4 Å². The molecule has 1 N–H and O–H groups in total. The van der Waals surface area contributed by atoms with Gasteiger partial charge in [0.15, 0.2) is 0 Å². The van der Waals surface area contributed by atoms with Crippen LogP contribution in [0.15, 0.2) is 48.9 Å². The third kappa shape index (κ3) is 3.47. The first-order valence-electron chi connectivity index (χ1n) is 8.73. The van der Waals surface area contributed by atoms with Gasteiger partial charge in [-0.25, -0.2) is 12.0 Å². The fraction of sp³-hybridized carbons (Fsp3) is 0.100. The molecule has 0 aliphatic carbocycles. The number of carbonyl (C=O) groups excluding carboxylic acids is 1. The zero-order chi connectivity index (χ0) is 20.5. The molecule has 0 fully saturated rings. The molecule has 0 saturated carbocycles. The van der Waals surface area contributed by atoms with E-state index >= 15 is 0 Å². The molecule has 0 bridgehead atoms. The zero-order valence-electron chi connectivity index (χ0n) is 15.2. The maximum atomic E-state index is 14.4. The molecule has 9 heteroatoms. The Morgan fingerprint density at radius 2 is 2.10 bits per heavy atom. The minimum atomic E-state index is -0.654. The highest BCUT2D eigenvalue weighted by Crippen LogP contribution is 2.24. The Kier molecular flexibility index (Phi) is 5.02. The van der Waals surface area contributed by atoms with Crippen molar-refractivity contribution in [2.24, 2.45) is 0 Å². The lowest BCUT2D eigenvalue weighted by Gasteiger charge is -2.12. The van der Waals surface area contributed by atoms with Crippen molar-refractivity contribution < 1.29 is 9.18 Å². The summed E-state index contributed by atoms with van der Waals surface area (Å²) in [6.07, 6.45) is 5.58. The number of carbonyl (C=O) groups is 1. The zero-order valence-corrected chi connectivity index (χ0v) is 17.4. The van der Waals surface area contributed by atoms with Crippen LogP contribution >= 0.6 is 22.9 Å². The maximum Gasteiger partial charge on any atom is 0.258 e. The fourth-order valence-electron chi connectivity index (χ4n) is 3.23. The second-order valence-electron chi connectivity index (χ2n) is 6.29. The van der Waals surface area contributed by atoms with Gasteiger partial charge in [0.1, 0.15) is 11.5 Å². The number of anilines is 1. The van der Waals surface area contributed by atoms with Crippen LogP contribution in [0, 0.1) is 17.1 Å². The Labute approximate surface area is 179 Å². The molecule has 144 valence electrons. The molecular formula is C20H14FIN6O. The van der Waals surface area contributed by atoms with Crippen molar-refractivity contribution in [1.29, 1.82) is 5.26 Å². The van der Waals surface area contributed by atoms with Crippen LogP contribution in [0.1, 0.15) is 28.4 Å². The summed E-state index contributed by atoms with van der Waals surface area (Å²) < 4.78 is 17.8. The van der Waals surface area contributed by atoms with E-state index in [2.05, 4.69) is 15.5 Å². The lowest BCUT2D eigenvalue weighted by Crippen LogP contribution is -2.17. The average molecular weight is 500 g/mol. The maximum absolute atomic E-state index is 14.4. The van der Waals surface area contributed by atoms with Gasteiger partial charge in [-0.2, -0.15) is 15.5 Å². The number of rotatable bonds is 4. The average Bonchev–Trinajstić information content (AvgIpc) is 3.32. The molecule has 2 aromatic heterocycles. The van der Waals surface area contributed by atoms with Crippen molar-refractivity contribution in [3.05, 3.63) is 71.4 Å². The number of hydrogen-bond donors (Lipinski definition) is 1. The number of benzene rings is 2. The monoisotopic (exact) mass is 500 g/mol. The number of nitriles is 1. The molecule has 0 aliphatic rings. The molecule has 29 heavy (non-hydrogen) atoms. The summed E-state index contributed by atoms with van der Waals surface area (Å²) >= 11 is 2.04. The second kappa shape index (κ2) is 7.63. The van der Waals surface area contributed by atoms with Gasteiger partial charge in [-0.05, 0) is 42.3 Å². The van der Waals surface area contributed by atoms with Crippen LogP contribution in [0.5, 0.6) is 0 Å². The number of amides is 1. The lowest BCUT2D eigenvalue weighted by atomic mass is 9.98. The van der Waals surface area contributed by atoms with E-state index in [1.807, 2.05) is 41.2 Å². The third-order valence-corrected chi connectivity index (χ3v) is 5.10. The van der Waals surface area contributed by atoms with Crippen molar-refractivity contribution in [2.45, 2.75) is 13.3 Å². The molecule has 4 rings (SSSR count). The normalized spacial score (nSPS) is 10.8. The molecule has 2 heterocycles. The van der Waals surface area contributed by atoms with Gasteiger partial charge >= 0.3 is 0 Å². The van der Waals surface area contributed by atoms with E-state index in [4.69, 9.17) is 0 Å². The molecule has 7 nitrogen and oxygen atoms in total. The summed E-state index contributed by atoms with van der Waals surface area (Å²) in [7, 11) is 0. The van der Waals surface area contributed by atoms with Crippen LogP contribution in [0.25, 0.3) is 16.6 Å². The topological polar surface area (TPSA) is 88.5 Å². The van der Waals surface area contributed by atoms with E-state index in [9.17, 15) is 14.4 Å². The number of fused-ring (bicyclic) bond motifs is 1. The smallest absolute Gasteiger partial charge is 0.258 e. The SMILES string of the molecule is CCc1c(C#N)ccc(F)c1C(=O)Nc1ccc2cnn(-c3cnn(I)c3)c2c1. The summed E-state index contributed by atoms with van der Waals surface area (Å²) in [6, 6.07) is 9.87. The third-order valence-electron chi connectivity index (χ3n) is 4.58.